The van der Waals surface area contributed by atoms with Crippen molar-refractivity contribution >= 4 is 17.5 Å². The number of hydrogen-bond acceptors (Lipinski definition) is 4. The summed E-state index contributed by atoms with van der Waals surface area (Å²) in [7, 11) is 0. The smallest absolute Gasteiger partial charge is 0.254 e. The van der Waals surface area contributed by atoms with E-state index in [-0.39, 0.29) is 11.9 Å². The van der Waals surface area contributed by atoms with E-state index >= 15 is 0 Å². The molecule has 1 atom stereocenters. The molecule has 1 aliphatic rings. The minimum atomic E-state index is -0.124. The van der Waals surface area contributed by atoms with Gasteiger partial charge in [-0.15, -0.1) is 0 Å². The largest absolute Gasteiger partial charge is 0.469 e. The Hall–Kier alpha value is -1.82. The van der Waals surface area contributed by atoms with Gasteiger partial charge in [0.25, 0.3) is 5.91 Å². The van der Waals surface area contributed by atoms with Gasteiger partial charge in [-0.2, -0.15) is 0 Å². The van der Waals surface area contributed by atoms with Gasteiger partial charge in [-0.25, -0.2) is 0 Å². The Kier molecular flexibility index (Phi) is 5.56. The lowest BCUT2D eigenvalue weighted by Crippen LogP contribution is -2.43. The fourth-order valence-corrected chi connectivity index (χ4v) is 3.16. The van der Waals surface area contributed by atoms with Gasteiger partial charge in [0.05, 0.1) is 31.1 Å². The molecule has 2 aromatic rings. The highest BCUT2D eigenvalue weighted by molar-refractivity contribution is 6.30. The Balaban J connectivity index is 1.74. The first-order chi connectivity index (χ1) is 11.6. The van der Waals surface area contributed by atoms with Crippen molar-refractivity contribution in [3.63, 3.8) is 0 Å². The van der Waals surface area contributed by atoms with E-state index in [0.717, 1.165) is 18.7 Å². The third-order valence-corrected chi connectivity index (χ3v) is 4.51. The van der Waals surface area contributed by atoms with Crippen LogP contribution in [-0.4, -0.2) is 43.7 Å². The maximum atomic E-state index is 12.4. The van der Waals surface area contributed by atoms with E-state index < -0.39 is 0 Å². The molecule has 6 heteroatoms. The van der Waals surface area contributed by atoms with Crippen LogP contribution in [0.25, 0.3) is 0 Å². The Labute approximate surface area is 146 Å². The molecule has 0 aliphatic carbocycles. The summed E-state index contributed by atoms with van der Waals surface area (Å²) < 4.78 is 10.6. The topological polar surface area (TPSA) is 54.7 Å². The van der Waals surface area contributed by atoms with Crippen LogP contribution in [0.1, 0.15) is 27.7 Å². The van der Waals surface area contributed by atoms with Crippen LogP contribution in [0.15, 0.2) is 41.0 Å². The molecule has 3 rings (SSSR count). The number of furan rings is 1. The van der Waals surface area contributed by atoms with Crippen LogP contribution < -0.4 is 5.32 Å². The van der Waals surface area contributed by atoms with Gasteiger partial charge in [-0.3, -0.25) is 9.69 Å². The van der Waals surface area contributed by atoms with Crippen molar-refractivity contribution in [2.75, 3.05) is 32.8 Å². The van der Waals surface area contributed by atoms with Crippen molar-refractivity contribution in [1.29, 1.82) is 0 Å². The summed E-state index contributed by atoms with van der Waals surface area (Å²) in [5, 5.41) is 3.71. The van der Waals surface area contributed by atoms with Crippen LogP contribution in [0.4, 0.5) is 0 Å². The second-order valence-corrected chi connectivity index (χ2v) is 6.26. The first-order valence-corrected chi connectivity index (χ1v) is 8.42. The van der Waals surface area contributed by atoms with Gasteiger partial charge >= 0.3 is 0 Å². The second kappa shape index (κ2) is 7.83. The molecule has 1 aliphatic heterocycles. The van der Waals surface area contributed by atoms with E-state index in [1.807, 2.05) is 24.3 Å². The Bertz CT molecular complexity index is 695. The van der Waals surface area contributed by atoms with Crippen molar-refractivity contribution in [2.45, 2.75) is 13.0 Å². The monoisotopic (exact) mass is 348 g/mol. The molecular formula is C18H21ClN2O3. The number of carbonyl (C=O) groups is 1. The van der Waals surface area contributed by atoms with Crippen LogP contribution in [-0.2, 0) is 4.74 Å². The van der Waals surface area contributed by atoms with Gasteiger partial charge in [0.15, 0.2) is 0 Å². The van der Waals surface area contributed by atoms with Crippen LogP contribution in [0.3, 0.4) is 0 Å². The Morgan fingerprint density at radius 1 is 1.33 bits per heavy atom. The molecule has 1 saturated heterocycles. The van der Waals surface area contributed by atoms with E-state index in [1.165, 1.54) is 6.26 Å². The molecule has 0 bridgehead atoms. The predicted octanol–water partition coefficient (Wildman–Crippen LogP) is 3.04. The quantitative estimate of drug-likeness (QED) is 0.902. The lowest BCUT2D eigenvalue weighted by atomic mass is 10.0. The molecule has 2 heterocycles. The van der Waals surface area contributed by atoms with Gasteiger partial charge < -0.3 is 14.5 Å². The summed E-state index contributed by atoms with van der Waals surface area (Å²) >= 11 is 6.15. The molecule has 1 aromatic carbocycles. The van der Waals surface area contributed by atoms with Crippen LogP contribution in [0.2, 0.25) is 5.02 Å². The molecule has 0 saturated carbocycles. The second-order valence-electron chi connectivity index (χ2n) is 5.82. The van der Waals surface area contributed by atoms with Crippen LogP contribution in [0.5, 0.6) is 0 Å². The number of nitrogens with one attached hydrogen (secondary N) is 1. The van der Waals surface area contributed by atoms with Gasteiger partial charge in [0.1, 0.15) is 5.76 Å². The molecule has 128 valence electrons. The Morgan fingerprint density at radius 3 is 2.79 bits per heavy atom. The van der Waals surface area contributed by atoms with Gasteiger partial charge in [0.2, 0.25) is 0 Å². The molecule has 0 radical (unpaired) electrons. The highest BCUT2D eigenvalue weighted by Gasteiger charge is 2.24. The minimum Gasteiger partial charge on any atom is -0.469 e. The lowest BCUT2D eigenvalue weighted by molar-refractivity contribution is 0.0162. The summed E-state index contributed by atoms with van der Waals surface area (Å²) in [4.78, 5) is 14.7. The molecule has 5 nitrogen and oxygen atoms in total. The zero-order valence-corrected chi connectivity index (χ0v) is 14.4. The number of morpholine rings is 1. The lowest BCUT2D eigenvalue weighted by Gasteiger charge is -2.35. The third kappa shape index (κ3) is 3.98. The first kappa shape index (κ1) is 17.0. The predicted molar refractivity (Wildman–Crippen MR) is 92.4 cm³/mol. The SMILES string of the molecule is Cc1occc1C(=O)NC[C@@H](c1cccc(Cl)c1)N1CCOCC1. The van der Waals surface area contributed by atoms with Crippen molar-refractivity contribution in [3.05, 3.63) is 58.5 Å². The number of aryl methyl sites for hydroxylation is 1. The number of rotatable bonds is 5. The van der Waals surface area contributed by atoms with Gasteiger partial charge in [-0.05, 0) is 30.7 Å². The molecule has 0 unspecified atom stereocenters. The van der Waals surface area contributed by atoms with Crippen molar-refractivity contribution < 1.29 is 13.9 Å². The molecule has 1 amide bonds. The number of ether oxygens (including phenoxy) is 1. The standard InChI is InChI=1S/C18H21ClN2O3/c1-13-16(5-8-24-13)18(22)20-12-17(21-6-9-23-10-7-21)14-3-2-4-15(19)11-14/h2-5,8,11,17H,6-7,9-10,12H2,1H3,(H,20,22)/t17-/m0/s1. The summed E-state index contributed by atoms with van der Waals surface area (Å²) in [6.07, 6.45) is 1.53. The van der Waals surface area contributed by atoms with Crippen LogP contribution in [0, 0.1) is 6.92 Å². The zero-order chi connectivity index (χ0) is 16.9. The van der Waals surface area contributed by atoms with Crippen molar-refractivity contribution in [1.82, 2.24) is 10.2 Å². The normalized spacial score (nSPS) is 16.8. The average Bonchev–Trinajstić information content (AvgIpc) is 3.02. The molecule has 1 N–H and O–H groups in total. The van der Waals surface area contributed by atoms with Gasteiger partial charge in [-0.1, -0.05) is 23.7 Å². The third-order valence-electron chi connectivity index (χ3n) is 4.28. The zero-order valence-electron chi connectivity index (χ0n) is 13.6. The van der Waals surface area contributed by atoms with Crippen molar-refractivity contribution in [2.24, 2.45) is 0 Å². The molecule has 1 fully saturated rings. The summed E-state index contributed by atoms with van der Waals surface area (Å²) in [6, 6.07) is 9.54. The average molecular weight is 349 g/mol. The maximum Gasteiger partial charge on any atom is 0.254 e. The molecule has 1 aromatic heterocycles. The number of halogens is 1. The highest BCUT2D eigenvalue weighted by Crippen LogP contribution is 2.24. The number of hydrogen-bond donors (Lipinski definition) is 1. The number of amides is 1. The van der Waals surface area contributed by atoms with E-state index in [2.05, 4.69) is 10.2 Å². The van der Waals surface area contributed by atoms with E-state index in [0.29, 0.717) is 36.1 Å². The first-order valence-electron chi connectivity index (χ1n) is 8.04. The fourth-order valence-electron chi connectivity index (χ4n) is 2.97. The number of carbonyl (C=O) groups excluding carboxylic acids is 1. The van der Waals surface area contributed by atoms with Gasteiger partial charge in [0, 0.05) is 24.7 Å². The molecule has 0 spiro atoms. The van der Waals surface area contributed by atoms with Crippen molar-refractivity contribution in [3.8, 4) is 0 Å². The van der Waals surface area contributed by atoms with Crippen LogP contribution >= 0.6 is 11.6 Å². The van der Waals surface area contributed by atoms with E-state index in [4.69, 9.17) is 20.8 Å². The summed E-state index contributed by atoms with van der Waals surface area (Å²) in [5.41, 5.74) is 1.66. The molecular weight excluding hydrogens is 328 g/mol. The van der Waals surface area contributed by atoms with E-state index in [9.17, 15) is 4.79 Å². The summed E-state index contributed by atoms with van der Waals surface area (Å²) in [5.74, 6) is 0.500. The number of nitrogens with zero attached hydrogens (tertiary/aromatic N) is 1. The molecule has 24 heavy (non-hydrogen) atoms. The summed E-state index contributed by atoms with van der Waals surface area (Å²) in [6.45, 7) is 5.35. The maximum absolute atomic E-state index is 12.4. The Morgan fingerprint density at radius 2 is 2.12 bits per heavy atom. The van der Waals surface area contributed by atoms with E-state index in [1.54, 1.807) is 13.0 Å². The minimum absolute atomic E-state index is 0.0590. The fraction of sp³-hybridized carbons (Fsp3) is 0.389. The highest BCUT2D eigenvalue weighted by atomic mass is 35.5. The number of benzene rings is 1.